The van der Waals surface area contributed by atoms with Crippen molar-refractivity contribution < 1.29 is 22.3 Å². The summed E-state index contributed by atoms with van der Waals surface area (Å²) >= 11 is 0. The van der Waals surface area contributed by atoms with Crippen LogP contribution >= 0.6 is 0 Å². The molecule has 5 heteroatoms. The van der Waals surface area contributed by atoms with Gasteiger partial charge in [0.25, 0.3) is 0 Å². The lowest BCUT2D eigenvalue weighted by Crippen LogP contribution is -2.35. The summed E-state index contributed by atoms with van der Waals surface area (Å²) in [6.45, 7) is 11.7. The quantitative estimate of drug-likeness (QED) is 0.165. The van der Waals surface area contributed by atoms with Gasteiger partial charge in [0.2, 0.25) is 11.4 Å². The summed E-state index contributed by atoms with van der Waals surface area (Å²) in [4.78, 5) is 0. The first-order valence-electron chi connectivity index (χ1n) is 16.5. The number of aromatic nitrogens is 2. The van der Waals surface area contributed by atoms with E-state index in [1.165, 1.54) is 34.4 Å². The second kappa shape index (κ2) is 14.3. The SMILES string of the molecule is C.Cc1cc(-c2c3ccc(F)cc3cc(C)[n+]2C)c(C)c(C)c1F.Cc1cc(-c2ccccc2)ccc1-c1c2ccc(F)cc2cc(C)[n+]1C. The van der Waals surface area contributed by atoms with Crippen molar-refractivity contribution in [3.05, 3.63) is 154 Å². The zero-order chi connectivity index (χ0) is 35.1. The number of hydrogen-bond donors (Lipinski definition) is 0. The molecule has 0 saturated heterocycles. The molecule has 0 radical (unpaired) electrons. The Labute approximate surface area is 294 Å². The molecule has 0 amide bonds. The molecule has 0 saturated carbocycles. The van der Waals surface area contributed by atoms with Crippen LogP contribution in [-0.2, 0) is 14.1 Å². The van der Waals surface area contributed by atoms with Crippen LogP contribution in [0.2, 0.25) is 0 Å². The van der Waals surface area contributed by atoms with E-state index in [-0.39, 0.29) is 24.9 Å². The number of rotatable bonds is 3. The molecule has 0 aliphatic rings. The fourth-order valence-electron chi connectivity index (χ4n) is 6.78. The number of fused-ring (bicyclic) bond motifs is 2. The average molecular weight is 671 g/mol. The molecular formula is C45H45F3N2+2. The van der Waals surface area contributed by atoms with Crippen LogP contribution in [0.4, 0.5) is 13.2 Å². The molecule has 0 bridgehead atoms. The second-order valence-electron chi connectivity index (χ2n) is 13.1. The zero-order valence-electron chi connectivity index (χ0n) is 29.3. The average Bonchev–Trinajstić information content (AvgIpc) is 3.08. The predicted molar refractivity (Wildman–Crippen MR) is 202 cm³/mol. The van der Waals surface area contributed by atoms with Crippen LogP contribution < -0.4 is 9.13 Å². The van der Waals surface area contributed by atoms with E-state index in [2.05, 4.69) is 72.5 Å². The minimum Gasteiger partial charge on any atom is -0.207 e. The van der Waals surface area contributed by atoms with Crippen molar-refractivity contribution in [3.8, 4) is 33.6 Å². The Hall–Kier alpha value is -5.29. The molecule has 2 nitrogen and oxygen atoms in total. The van der Waals surface area contributed by atoms with Gasteiger partial charge in [-0.2, -0.15) is 9.13 Å². The minimum absolute atomic E-state index is 0. The van der Waals surface area contributed by atoms with E-state index >= 15 is 0 Å². The van der Waals surface area contributed by atoms with Gasteiger partial charge in [0.05, 0.1) is 16.3 Å². The highest BCUT2D eigenvalue weighted by molar-refractivity contribution is 5.95. The molecule has 50 heavy (non-hydrogen) atoms. The molecule has 7 aromatic rings. The Morgan fingerprint density at radius 2 is 0.980 bits per heavy atom. The number of hydrogen-bond acceptors (Lipinski definition) is 0. The highest BCUT2D eigenvalue weighted by atomic mass is 19.1. The summed E-state index contributed by atoms with van der Waals surface area (Å²) in [6, 6.07) is 32.7. The molecule has 0 aliphatic heterocycles. The Morgan fingerprint density at radius 1 is 0.460 bits per heavy atom. The predicted octanol–water partition coefficient (Wildman–Crippen LogP) is 11.2. The van der Waals surface area contributed by atoms with E-state index in [4.69, 9.17) is 0 Å². The van der Waals surface area contributed by atoms with Gasteiger partial charge in [0.1, 0.15) is 31.5 Å². The Kier molecular flexibility index (Phi) is 10.3. The monoisotopic (exact) mass is 670 g/mol. The number of halogens is 3. The van der Waals surface area contributed by atoms with Gasteiger partial charge in [-0.3, -0.25) is 0 Å². The van der Waals surface area contributed by atoms with Crippen LogP contribution in [0.1, 0.15) is 41.1 Å². The van der Waals surface area contributed by atoms with Crippen molar-refractivity contribution in [1.82, 2.24) is 0 Å². The van der Waals surface area contributed by atoms with Crippen LogP contribution in [-0.4, -0.2) is 0 Å². The number of pyridine rings is 2. The summed E-state index contributed by atoms with van der Waals surface area (Å²) in [7, 11) is 4.05. The minimum atomic E-state index is -0.250. The highest BCUT2D eigenvalue weighted by Gasteiger charge is 2.23. The van der Waals surface area contributed by atoms with Gasteiger partial charge >= 0.3 is 0 Å². The Balaban J connectivity index is 0.000000192. The van der Waals surface area contributed by atoms with Crippen LogP contribution in [0.5, 0.6) is 0 Å². The van der Waals surface area contributed by atoms with Gasteiger partial charge in [-0.15, -0.1) is 0 Å². The molecule has 2 aromatic heterocycles. The molecular weight excluding hydrogens is 626 g/mol. The molecule has 5 aromatic carbocycles. The molecule has 0 spiro atoms. The van der Waals surface area contributed by atoms with Gasteiger partial charge in [0, 0.05) is 31.5 Å². The Morgan fingerprint density at radius 3 is 1.50 bits per heavy atom. The lowest BCUT2D eigenvalue weighted by atomic mass is 9.93. The van der Waals surface area contributed by atoms with E-state index < -0.39 is 0 Å². The smallest absolute Gasteiger partial charge is 0.207 e. The fourth-order valence-corrected chi connectivity index (χ4v) is 6.78. The van der Waals surface area contributed by atoms with E-state index in [1.807, 2.05) is 51.2 Å². The molecule has 0 aliphatic carbocycles. The first kappa shape index (κ1) is 36.0. The third kappa shape index (κ3) is 6.65. The Bertz CT molecular complexity index is 2390. The van der Waals surface area contributed by atoms with Gasteiger partial charge in [-0.05, 0) is 120 Å². The van der Waals surface area contributed by atoms with Crippen molar-refractivity contribution in [2.45, 2.75) is 49.0 Å². The van der Waals surface area contributed by atoms with E-state index in [1.54, 1.807) is 32.0 Å². The van der Waals surface area contributed by atoms with Crippen molar-refractivity contribution in [2.75, 3.05) is 0 Å². The summed E-state index contributed by atoms with van der Waals surface area (Å²) in [5.41, 5.74) is 12.2. The summed E-state index contributed by atoms with van der Waals surface area (Å²) < 4.78 is 45.8. The maximum absolute atomic E-state index is 14.2. The van der Waals surface area contributed by atoms with E-state index in [0.29, 0.717) is 11.1 Å². The zero-order valence-corrected chi connectivity index (χ0v) is 29.3. The third-order valence-electron chi connectivity index (χ3n) is 9.84. The maximum atomic E-state index is 14.2. The molecule has 2 heterocycles. The number of nitrogens with zero attached hydrogens (tertiary/aromatic N) is 2. The number of aryl methyl sites for hydroxylation is 4. The van der Waals surface area contributed by atoms with Crippen LogP contribution in [0, 0.1) is 59.0 Å². The van der Waals surface area contributed by atoms with E-state index in [9.17, 15) is 13.2 Å². The highest BCUT2D eigenvalue weighted by Crippen LogP contribution is 2.34. The van der Waals surface area contributed by atoms with Crippen molar-refractivity contribution >= 4 is 21.5 Å². The summed E-state index contributed by atoms with van der Waals surface area (Å²) in [6.07, 6.45) is 0. The normalized spacial score (nSPS) is 10.9. The summed E-state index contributed by atoms with van der Waals surface area (Å²) in [5, 5.41) is 3.82. The van der Waals surface area contributed by atoms with Crippen LogP contribution in [0.25, 0.3) is 55.2 Å². The molecule has 254 valence electrons. The standard InChI is InChI=1S/C24H21FN.C20H20F2N.CH4/c1-16-13-19(18-7-5-4-6-8-18)9-11-22(16)24-23-12-10-21(25)15-20(23)14-17(2)26(24)3;1-11-8-18(13(3)14(4)19(11)22)20-17-7-6-16(21)10-15(17)9-12(2)23(20)5;/h4-15H,1-3H3;6-10H,1-5H3;1H4/q2*+1;. The first-order valence-corrected chi connectivity index (χ1v) is 16.5. The van der Waals surface area contributed by atoms with Gasteiger partial charge in [-0.1, -0.05) is 49.9 Å². The third-order valence-corrected chi connectivity index (χ3v) is 9.84. The lowest BCUT2D eigenvalue weighted by Gasteiger charge is -2.13. The van der Waals surface area contributed by atoms with Gasteiger partial charge in [-0.25, -0.2) is 13.2 Å². The van der Waals surface area contributed by atoms with E-state index in [0.717, 1.165) is 55.4 Å². The second-order valence-corrected chi connectivity index (χ2v) is 13.1. The van der Waals surface area contributed by atoms with Gasteiger partial charge in [0.15, 0.2) is 11.4 Å². The van der Waals surface area contributed by atoms with Crippen molar-refractivity contribution in [2.24, 2.45) is 14.1 Å². The molecule has 0 fully saturated rings. The van der Waals surface area contributed by atoms with Crippen molar-refractivity contribution in [1.29, 1.82) is 0 Å². The van der Waals surface area contributed by atoms with Crippen LogP contribution in [0.15, 0.2) is 103 Å². The molecule has 0 N–H and O–H groups in total. The lowest BCUT2D eigenvalue weighted by molar-refractivity contribution is -0.665. The van der Waals surface area contributed by atoms with Gasteiger partial charge < -0.3 is 0 Å². The largest absolute Gasteiger partial charge is 0.220 e. The molecule has 7 rings (SSSR count). The van der Waals surface area contributed by atoms with Crippen molar-refractivity contribution in [3.63, 3.8) is 0 Å². The van der Waals surface area contributed by atoms with Crippen LogP contribution in [0.3, 0.4) is 0 Å². The topological polar surface area (TPSA) is 7.76 Å². The molecule has 0 unspecified atom stereocenters. The number of benzene rings is 5. The summed E-state index contributed by atoms with van der Waals surface area (Å²) in [5.74, 6) is -0.607. The maximum Gasteiger partial charge on any atom is 0.220 e. The fraction of sp³-hybridized carbons (Fsp3) is 0.200. The molecule has 0 atom stereocenters. The first-order chi connectivity index (χ1) is 23.3.